The molecule has 0 aromatic carbocycles. The topological polar surface area (TPSA) is 54.3 Å². The Morgan fingerprint density at radius 2 is 2.62 bits per heavy atom. The molecule has 1 aliphatic rings. The molecule has 0 radical (unpaired) electrons. The van der Waals surface area contributed by atoms with Gasteiger partial charge in [0.05, 0.1) is 0 Å². The monoisotopic (exact) mass is 112 g/mol. The fourth-order valence-corrected chi connectivity index (χ4v) is 0.327. The Balaban J connectivity index is 2.46. The van der Waals surface area contributed by atoms with Gasteiger partial charge in [-0.05, 0) is 11.7 Å². The van der Waals surface area contributed by atoms with Crippen LogP contribution in [0.1, 0.15) is 0 Å². The SMILES string of the molecule is N#CC1C=CONO1. The summed E-state index contributed by atoms with van der Waals surface area (Å²) < 4.78 is 0. The Bertz CT molecular complexity index is 137. The molecule has 42 valence electrons. The molecule has 0 amide bonds. The minimum atomic E-state index is -0.524. The van der Waals surface area contributed by atoms with Crippen LogP contribution in [-0.2, 0) is 9.68 Å². The van der Waals surface area contributed by atoms with Crippen molar-refractivity contribution in [3.05, 3.63) is 12.3 Å². The summed E-state index contributed by atoms with van der Waals surface area (Å²) in [7, 11) is 0. The van der Waals surface area contributed by atoms with Crippen molar-refractivity contribution in [2.24, 2.45) is 0 Å². The zero-order valence-corrected chi connectivity index (χ0v) is 4.00. The maximum Gasteiger partial charge on any atom is 0.190 e. The normalized spacial score (nSPS) is 26.1. The highest BCUT2D eigenvalue weighted by Crippen LogP contribution is 1.94. The molecule has 1 heterocycles. The number of nitrogens with zero attached hydrogens (tertiary/aromatic N) is 1. The van der Waals surface area contributed by atoms with Crippen LogP contribution in [0.25, 0.3) is 0 Å². The van der Waals surface area contributed by atoms with Crippen LogP contribution in [0.4, 0.5) is 0 Å². The molecule has 1 aliphatic heterocycles. The lowest BCUT2D eigenvalue weighted by molar-refractivity contribution is -0.156. The predicted molar refractivity (Wildman–Crippen MR) is 23.8 cm³/mol. The lowest BCUT2D eigenvalue weighted by Gasteiger charge is -2.09. The first-order valence-electron chi connectivity index (χ1n) is 2.06. The van der Waals surface area contributed by atoms with Crippen LogP contribution in [0, 0.1) is 11.3 Å². The van der Waals surface area contributed by atoms with Gasteiger partial charge >= 0.3 is 0 Å². The minimum Gasteiger partial charge on any atom is -0.391 e. The Labute approximate surface area is 46.2 Å². The maximum absolute atomic E-state index is 8.17. The minimum absolute atomic E-state index is 0.524. The summed E-state index contributed by atoms with van der Waals surface area (Å²) in [6.07, 6.45) is 2.33. The molecule has 0 aromatic rings. The first kappa shape index (κ1) is 5.09. The van der Waals surface area contributed by atoms with Gasteiger partial charge in [0.2, 0.25) is 0 Å². The van der Waals surface area contributed by atoms with Crippen LogP contribution >= 0.6 is 0 Å². The van der Waals surface area contributed by atoms with E-state index in [0.717, 1.165) is 0 Å². The maximum atomic E-state index is 8.17. The van der Waals surface area contributed by atoms with Gasteiger partial charge in [0.25, 0.3) is 0 Å². The number of hydrogen-bond acceptors (Lipinski definition) is 4. The van der Waals surface area contributed by atoms with E-state index >= 15 is 0 Å². The van der Waals surface area contributed by atoms with Crippen LogP contribution < -0.4 is 5.64 Å². The average molecular weight is 112 g/mol. The van der Waals surface area contributed by atoms with E-state index in [1.54, 1.807) is 0 Å². The third-order valence-corrected chi connectivity index (χ3v) is 0.672. The summed E-state index contributed by atoms with van der Waals surface area (Å²) >= 11 is 0. The summed E-state index contributed by atoms with van der Waals surface area (Å²) in [5.74, 6) is 0. The first-order valence-corrected chi connectivity index (χ1v) is 2.06. The lowest BCUT2D eigenvalue weighted by Crippen LogP contribution is -2.23. The first-order chi connectivity index (χ1) is 3.93. The van der Waals surface area contributed by atoms with Gasteiger partial charge in [0.15, 0.2) is 6.10 Å². The molecule has 0 saturated carbocycles. The Morgan fingerprint density at radius 1 is 1.75 bits per heavy atom. The smallest absolute Gasteiger partial charge is 0.190 e. The third-order valence-electron chi connectivity index (χ3n) is 0.672. The zero-order valence-electron chi connectivity index (χ0n) is 4.00. The number of rotatable bonds is 0. The summed E-state index contributed by atoms with van der Waals surface area (Å²) in [4.78, 5) is 8.90. The molecule has 1 unspecified atom stereocenters. The fourth-order valence-electron chi connectivity index (χ4n) is 0.327. The standard InChI is InChI=1S/C4H4N2O2/c5-3-4-1-2-7-6-8-4/h1-2,4,6H. The van der Waals surface area contributed by atoms with Crippen LogP contribution in [0.2, 0.25) is 0 Å². The van der Waals surface area contributed by atoms with Crippen molar-refractivity contribution in [2.45, 2.75) is 6.10 Å². The molecule has 0 saturated heterocycles. The fraction of sp³-hybridized carbons (Fsp3) is 0.250. The molecule has 0 aliphatic carbocycles. The van der Waals surface area contributed by atoms with E-state index in [0.29, 0.717) is 0 Å². The molecule has 4 heteroatoms. The molecule has 8 heavy (non-hydrogen) atoms. The van der Waals surface area contributed by atoms with E-state index in [4.69, 9.17) is 5.26 Å². The quantitative estimate of drug-likeness (QED) is 0.473. The second kappa shape index (κ2) is 2.31. The molecule has 4 nitrogen and oxygen atoms in total. The van der Waals surface area contributed by atoms with Gasteiger partial charge in [-0.25, -0.2) is 4.84 Å². The largest absolute Gasteiger partial charge is 0.391 e. The summed E-state index contributed by atoms with van der Waals surface area (Å²) in [6.45, 7) is 0. The van der Waals surface area contributed by atoms with Gasteiger partial charge in [-0.15, -0.1) is 0 Å². The molecule has 0 fully saturated rings. The van der Waals surface area contributed by atoms with E-state index in [2.05, 4.69) is 15.3 Å². The summed E-state index contributed by atoms with van der Waals surface area (Å²) in [5, 5.41) is 8.17. The van der Waals surface area contributed by atoms with Gasteiger partial charge in [0.1, 0.15) is 12.3 Å². The van der Waals surface area contributed by atoms with E-state index in [9.17, 15) is 0 Å². The van der Waals surface area contributed by atoms with Gasteiger partial charge < -0.3 is 4.84 Å². The van der Waals surface area contributed by atoms with Crippen LogP contribution in [0.15, 0.2) is 12.3 Å². The second-order valence-electron chi connectivity index (χ2n) is 1.20. The molecule has 0 bridgehead atoms. The van der Waals surface area contributed by atoms with Crippen molar-refractivity contribution in [1.82, 2.24) is 5.64 Å². The van der Waals surface area contributed by atoms with Crippen LogP contribution in [0.5, 0.6) is 0 Å². The highest BCUT2D eigenvalue weighted by molar-refractivity contribution is 4.99. The van der Waals surface area contributed by atoms with E-state index in [1.165, 1.54) is 12.3 Å². The molecular formula is C4H4N2O2. The lowest BCUT2D eigenvalue weighted by atomic mass is 10.4. The molecule has 0 spiro atoms. The van der Waals surface area contributed by atoms with E-state index in [-0.39, 0.29) is 0 Å². The molecule has 1 atom stereocenters. The van der Waals surface area contributed by atoms with Crippen molar-refractivity contribution in [3.63, 3.8) is 0 Å². The molecule has 1 N–H and O–H groups in total. The Kier molecular flexibility index (Phi) is 1.47. The van der Waals surface area contributed by atoms with Crippen molar-refractivity contribution < 1.29 is 9.68 Å². The number of nitriles is 1. The second-order valence-corrected chi connectivity index (χ2v) is 1.20. The van der Waals surface area contributed by atoms with Crippen LogP contribution in [-0.4, -0.2) is 6.10 Å². The van der Waals surface area contributed by atoms with E-state index in [1.807, 2.05) is 6.07 Å². The summed E-state index contributed by atoms with van der Waals surface area (Å²) in [5.41, 5.74) is 2.08. The van der Waals surface area contributed by atoms with Gasteiger partial charge in [0, 0.05) is 0 Å². The Morgan fingerprint density at radius 3 is 3.00 bits per heavy atom. The predicted octanol–water partition coefficient (Wildman–Crippen LogP) is -0.141. The van der Waals surface area contributed by atoms with Crippen molar-refractivity contribution >= 4 is 0 Å². The van der Waals surface area contributed by atoms with Crippen molar-refractivity contribution in [2.75, 3.05) is 0 Å². The number of nitrogens with one attached hydrogen (secondary N) is 1. The highest BCUT2D eigenvalue weighted by atomic mass is 16.9. The van der Waals surface area contributed by atoms with Gasteiger partial charge in [-0.1, -0.05) is 0 Å². The average Bonchev–Trinajstić information content (AvgIpc) is 1.90. The molecule has 0 aromatic heterocycles. The van der Waals surface area contributed by atoms with Crippen LogP contribution in [0.3, 0.4) is 0 Å². The van der Waals surface area contributed by atoms with Crippen molar-refractivity contribution in [1.29, 1.82) is 5.26 Å². The van der Waals surface area contributed by atoms with E-state index < -0.39 is 6.10 Å². The number of hydrogen-bond donors (Lipinski definition) is 1. The molecule has 1 rings (SSSR count). The van der Waals surface area contributed by atoms with Gasteiger partial charge in [-0.3, -0.25) is 0 Å². The highest BCUT2D eigenvalue weighted by Gasteiger charge is 2.05. The zero-order chi connectivity index (χ0) is 5.82. The van der Waals surface area contributed by atoms with Gasteiger partial charge in [-0.2, -0.15) is 5.26 Å². The Hall–Kier alpha value is -1.05. The molecular weight excluding hydrogens is 108 g/mol. The van der Waals surface area contributed by atoms with Crippen molar-refractivity contribution in [3.8, 4) is 6.07 Å². The third kappa shape index (κ3) is 0.964. The summed E-state index contributed by atoms with van der Waals surface area (Å²) in [6, 6.07) is 1.85.